The number of amides is 2. The summed E-state index contributed by atoms with van der Waals surface area (Å²) in [6.45, 7) is 2.19. The van der Waals surface area contributed by atoms with Crippen LogP contribution in [0.2, 0.25) is 10.0 Å². The quantitative estimate of drug-likeness (QED) is 0.388. The van der Waals surface area contributed by atoms with E-state index in [4.69, 9.17) is 23.2 Å². The van der Waals surface area contributed by atoms with Gasteiger partial charge in [0.2, 0.25) is 21.8 Å². The summed E-state index contributed by atoms with van der Waals surface area (Å²) < 4.78 is 26.2. The van der Waals surface area contributed by atoms with E-state index in [0.717, 1.165) is 37.5 Å². The average Bonchev–Trinajstić information content (AvgIpc) is 3.36. The molecule has 37 heavy (non-hydrogen) atoms. The van der Waals surface area contributed by atoms with E-state index < -0.39 is 16.1 Å². The number of rotatable bonds is 12. The minimum absolute atomic E-state index is 0.0554. The van der Waals surface area contributed by atoms with Crippen LogP contribution in [0.3, 0.4) is 0 Å². The summed E-state index contributed by atoms with van der Waals surface area (Å²) in [4.78, 5) is 28.0. The smallest absolute Gasteiger partial charge is 0.242 e. The lowest BCUT2D eigenvalue weighted by Gasteiger charge is -2.30. The Bertz CT molecular complexity index is 1170. The van der Waals surface area contributed by atoms with Gasteiger partial charge in [-0.2, -0.15) is 0 Å². The van der Waals surface area contributed by atoms with Crippen LogP contribution in [0.25, 0.3) is 0 Å². The number of halogens is 2. The number of hydrogen-bond acceptors (Lipinski definition) is 4. The highest BCUT2D eigenvalue weighted by atomic mass is 35.5. The molecule has 2 amide bonds. The van der Waals surface area contributed by atoms with Gasteiger partial charge in [-0.25, -0.2) is 8.42 Å². The molecule has 1 aliphatic carbocycles. The maximum Gasteiger partial charge on any atom is 0.242 e. The molecule has 0 bridgehead atoms. The first kappa shape index (κ1) is 29.3. The van der Waals surface area contributed by atoms with Gasteiger partial charge in [-0.15, -0.1) is 0 Å². The Morgan fingerprint density at radius 1 is 1.05 bits per heavy atom. The molecule has 1 saturated carbocycles. The molecule has 0 radical (unpaired) electrons. The molecule has 10 heteroatoms. The monoisotopic (exact) mass is 567 g/mol. The predicted octanol–water partition coefficient (Wildman–Crippen LogP) is 5.06. The van der Waals surface area contributed by atoms with Crippen LogP contribution in [0.5, 0.6) is 0 Å². The van der Waals surface area contributed by atoms with Gasteiger partial charge in [-0.05, 0) is 56.4 Å². The Hall–Kier alpha value is -2.29. The van der Waals surface area contributed by atoms with Crippen LogP contribution in [0, 0.1) is 0 Å². The normalized spacial score (nSPS) is 14.8. The van der Waals surface area contributed by atoms with E-state index in [-0.39, 0.29) is 48.0 Å². The lowest BCUT2D eigenvalue weighted by molar-refractivity contribution is -0.140. The van der Waals surface area contributed by atoms with Crippen molar-refractivity contribution in [2.24, 2.45) is 0 Å². The van der Waals surface area contributed by atoms with Crippen LogP contribution in [0.4, 0.5) is 5.69 Å². The molecule has 202 valence electrons. The van der Waals surface area contributed by atoms with Crippen molar-refractivity contribution >= 4 is 50.7 Å². The van der Waals surface area contributed by atoms with Crippen LogP contribution in [-0.4, -0.2) is 56.6 Å². The Kier molecular flexibility index (Phi) is 10.7. The molecule has 0 aromatic heterocycles. The first-order valence-corrected chi connectivity index (χ1v) is 15.2. The van der Waals surface area contributed by atoms with E-state index in [9.17, 15) is 18.0 Å². The summed E-state index contributed by atoms with van der Waals surface area (Å²) >= 11 is 12.3. The second kappa shape index (κ2) is 13.5. The van der Waals surface area contributed by atoms with Crippen molar-refractivity contribution in [1.29, 1.82) is 0 Å². The number of benzene rings is 2. The van der Waals surface area contributed by atoms with Crippen LogP contribution in [0.1, 0.15) is 51.0 Å². The molecule has 3 rings (SSSR count). The molecule has 0 heterocycles. The third-order valence-electron chi connectivity index (χ3n) is 6.68. The van der Waals surface area contributed by atoms with Gasteiger partial charge in [0.15, 0.2) is 0 Å². The van der Waals surface area contributed by atoms with Crippen molar-refractivity contribution in [3.05, 3.63) is 64.1 Å². The lowest BCUT2D eigenvalue weighted by Crippen LogP contribution is -2.50. The molecule has 1 N–H and O–H groups in total. The summed E-state index contributed by atoms with van der Waals surface area (Å²) in [6, 6.07) is 13.9. The highest BCUT2D eigenvalue weighted by Gasteiger charge is 2.28. The molecule has 0 saturated heterocycles. The van der Waals surface area contributed by atoms with Crippen molar-refractivity contribution in [3.8, 4) is 0 Å². The Morgan fingerprint density at radius 2 is 1.73 bits per heavy atom. The van der Waals surface area contributed by atoms with Crippen molar-refractivity contribution in [1.82, 2.24) is 10.2 Å². The molecule has 7 nitrogen and oxygen atoms in total. The van der Waals surface area contributed by atoms with Gasteiger partial charge in [0.05, 0.1) is 17.0 Å². The summed E-state index contributed by atoms with van der Waals surface area (Å²) in [7, 11) is -3.66. The molecule has 0 spiro atoms. The van der Waals surface area contributed by atoms with Crippen LogP contribution < -0.4 is 9.62 Å². The third kappa shape index (κ3) is 8.62. The standard InChI is InChI=1S/C27H35Cl2N3O4S/c1-20(27(34)30-23-11-6-7-12-23)31(18-16-21-9-4-3-5-10-21)26(33)13-8-17-32(37(2,35)36)25-19-22(28)14-15-24(25)29/h3-5,9-10,14-15,19-20,23H,6-8,11-13,16-18H2,1-2H3,(H,30,34)/t20-/m1/s1. The number of nitrogens with zero attached hydrogens (tertiary/aromatic N) is 2. The first-order chi connectivity index (χ1) is 17.6. The Balaban J connectivity index is 1.69. The molecule has 1 fully saturated rings. The van der Waals surface area contributed by atoms with E-state index >= 15 is 0 Å². The van der Waals surface area contributed by atoms with Gasteiger partial charge < -0.3 is 10.2 Å². The second-order valence-electron chi connectivity index (χ2n) is 9.52. The number of nitrogens with one attached hydrogen (secondary N) is 1. The van der Waals surface area contributed by atoms with Gasteiger partial charge in [-0.3, -0.25) is 13.9 Å². The number of carbonyl (C=O) groups is 2. The summed E-state index contributed by atoms with van der Waals surface area (Å²) in [5.74, 6) is -0.354. The lowest BCUT2D eigenvalue weighted by atomic mass is 10.1. The van der Waals surface area contributed by atoms with E-state index in [1.54, 1.807) is 24.0 Å². The average molecular weight is 569 g/mol. The summed E-state index contributed by atoms with van der Waals surface area (Å²) in [5.41, 5.74) is 1.34. The second-order valence-corrected chi connectivity index (χ2v) is 12.3. The van der Waals surface area contributed by atoms with Crippen molar-refractivity contribution in [3.63, 3.8) is 0 Å². The highest BCUT2D eigenvalue weighted by molar-refractivity contribution is 7.92. The number of hydrogen-bond donors (Lipinski definition) is 1. The van der Waals surface area contributed by atoms with E-state index in [2.05, 4.69) is 5.32 Å². The van der Waals surface area contributed by atoms with Gasteiger partial charge >= 0.3 is 0 Å². The zero-order valence-electron chi connectivity index (χ0n) is 21.3. The van der Waals surface area contributed by atoms with Gasteiger partial charge in [0, 0.05) is 30.6 Å². The predicted molar refractivity (Wildman–Crippen MR) is 150 cm³/mol. The van der Waals surface area contributed by atoms with E-state index in [1.165, 1.54) is 10.4 Å². The summed E-state index contributed by atoms with van der Waals surface area (Å²) in [5, 5.41) is 3.70. The molecule has 0 aliphatic heterocycles. The van der Waals surface area contributed by atoms with Crippen LogP contribution in [-0.2, 0) is 26.0 Å². The fraction of sp³-hybridized carbons (Fsp3) is 0.481. The van der Waals surface area contributed by atoms with Gasteiger partial charge in [0.1, 0.15) is 6.04 Å². The van der Waals surface area contributed by atoms with Crippen LogP contribution in [0.15, 0.2) is 48.5 Å². The van der Waals surface area contributed by atoms with Crippen molar-refractivity contribution < 1.29 is 18.0 Å². The summed E-state index contributed by atoms with van der Waals surface area (Å²) in [6.07, 6.45) is 6.17. The van der Waals surface area contributed by atoms with Crippen molar-refractivity contribution in [2.75, 3.05) is 23.7 Å². The number of carbonyl (C=O) groups excluding carboxylic acids is 2. The maximum atomic E-state index is 13.4. The Labute approximate surface area is 230 Å². The fourth-order valence-corrected chi connectivity index (χ4v) is 6.03. The molecular formula is C27H35Cl2N3O4S. The number of sulfonamides is 1. The molecule has 2 aromatic rings. The van der Waals surface area contributed by atoms with Gasteiger partial charge in [0.25, 0.3) is 0 Å². The van der Waals surface area contributed by atoms with E-state index in [0.29, 0.717) is 18.0 Å². The molecule has 1 aliphatic rings. The number of anilines is 1. The first-order valence-electron chi connectivity index (χ1n) is 12.6. The highest BCUT2D eigenvalue weighted by Crippen LogP contribution is 2.31. The minimum atomic E-state index is -3.66. The maximum absolute atomic E-state index is 13.4. The minimum Gasteiger partial charge on any atom is -0.352 e. The van der Waals surface area contributed by atoms with E-state index in [1.807, 2.05) is 30.3 Å². The topological polar surface area (TPSA) is 86.8 Å². The Morgan fingerprint density at radius 3 is 2.38 bits per heavy atom. The molecule has 0 unspecified atom stereocenters. The SMILES string of the molecule is C[C@H](C(=O)NC1CCCC1)N(CCc1ccccc1)C(=O)CCCN(c1cc(Cl)ccc1Cl)S(C)(=O)=O. The molecule has 2 aromatic carbocycles. The molecular weight excluding hydrogens is 533 g/mol. The zero-order valence-corrected chi connectivity index (χ0v) is 23.7. The fourth-order valence-electron chi connectivity index (χ4n) is 4.62. The molecule has 1 atom stereocenters. The van der Waals surface area contributed by atoms with Gasteiger partial charge in [-0.1, -0.05) is 66.4 Å². The van der Waals surface area contributed by atoms with Crippen molar-refractivity contribution in [2.45, 2.75) is 64.0 Å². The van der Waals surface area contributed by atoms with Crippen LogP contribution >= 0.6 is 23.2 Å². The third-order valence-corrected chi connectivity index (χ3v) is 8.42. The zero-order chi connectivity index (χ0) is 27.0. The largest absolute Gasteiger partial charge is 0.352 e.